The van der Waals surface area contributed by atoms with Gasteiger partial charge < -0.3 is 10.1 Å². The highest BCUT2D eigenvalue weighted by atomic mass is 16.6. The van der Waals surface area contributed by atoms with Crippen LogP contribution < -0.4 is 5.32 Å². The third-order valence-corrected chi connectivity index (χ3v) is 3.51. The lowest BCUT2D eigenvalue weighted by Gasteiger charge is -2.12. The molecule has 0 unspecified atom stereocenters. The van der Waals surface area contributed by atoms with Gasteiger partial charge in [-0.3, -0.25) is 25.0 Å². The summed E-state index contributed by atoms with van der Waals surface area (Å²) in [5.41, 5.74) is -0.0386. The number of esters is 1. The maximum atomic E-state index is 12.1. The van der Waals surface area contributed by atoms with Gasteiger partial charge in [-0.15, -0.1) is 0 Å². The van der Waals surface area contributed by atoms with Gasteiger partial charge in [0, 0.05) is 24.3 Å². The molecule has 2 aromatic rings. The van der Waals surface area contributed by atoms with E-state index in [9.17, 15) is 29.8 Å². The molecule has 0 bridgehead atoms. The van der Waals surface area contributed by atoms with E-state index in [4.69, 9.17) is 4.74 Å². The van der Waals surface area contributed by atoms with Crippen molar-refractivity contribution in [3.63, 3.8) is 0 Å². The number of anilines is 1. The van der Waals surface area contributed by atoms with E-state index in [-0.39, 0.29) is 17.1 Å². The molecular formula is C18H15N3O7. The number of non-ortho nitro benzene ring substituents is 1. The van der Waals surface area contributed by atoms with Crippen molar-refractivity contribution in [2.24, 2.45) is 0 Å². The van der Waals surface area contributed by atoms with Crippen molar-refractivity contribution in [2.45, 2.75) is 13.0 Å². The number of rotatable bonds is 7. The van der Waals surface area contributed by atoms with Crippen molar-refractivity contribution in [1.29, 1.82) is 0 Å². The van der Waals surface area contributed by atoms with Crippen LogP contribution in [-0.2, 0) is 14.3 Å². The van der Waals surface area contributed by atoms with Crippen LogP contribution in [0.4, 0.5) is 17.1 Å². The summed E-state index contributed by atoms with van der Waals surface area (Å²) in [5.74, 6) is -1.59. The second-order valence-electron chi connectivity index (χ2n) is 5.53. The van der Waals surface area contributed by atoms with Crippen LogP contribution >= 0.6 is 0 Å². The third-order valence-electron chi connectivity index (χ3n) is 3.51. The normalized spacial score (nSPS) is 11.6. The topological polar surface area (TPSA) is 142 Å². The second-order valence-corrected chi connectivity index (χ2v) is 5.53. The van der Waals surface area contributed by atoms with Crippen LogP contribution in [0.1, 0.15) is 12.5 Å². The van der Waals surface area contributed by atoms with Crippen LogP contribution in [0.25, 0.3) is 6.08 Å². The highest BCUT2D eigenvalue weighted by Crippen LogP contribution is 2.23. The molecule has 0 heterocycles. The minimum atomic E-state index is -1.22. The summed E-state index contributed by atoms with van der Waals surface area (Å²) in [7, 11) is 0. The van der Waals surface area contributed by atoms with E-state index in [2.05, 4.69) is 5.32 Å². The van der Waals surface area contributed by atoms with Gasteiger partial charge in [0.2, 0.25) is 0 Å². The fourth-order valence-electron chi connectivity index (χ4n) is 2.15. The van der Waals surface area contributed by atoms with Crippen molar-refractivity contribution in [3.8, 4) is 0 Å². The largest absolute Gasteiger partial charge is 0.449 e. The molecule has 0 fully saturated rings. The Morgan fingerprint density at radius 2 is 1.79 bits per heavy atom. The first-order valence-electron chi connectivity index (χ1n) is 7.95. The first kappa shape index (κ1) is 20.2. The molecule has 0 spiro atoms. The number of benzene rings is 2. The zero-order valence-electron chi connectivity index (χ0n) is 14.6. The number of amides is 1. The second kappa shape index (κ2) is 9.03. The molecule has 0 aliphatic carbocycles. The number of hydrogen-bond donors (Lipinski definition) is 1. The monoisotopic (exact) mass is 385 g/mol. The van der Waals surface area contributed by atoms with Gasteiger partial charge in [-0.2, -0.15) is 0 Å². The molecule has 144 valence electrons. The Morgan fingerprint density at radius 3 is 2.46 bits per heavy atom. The number of para-hydroxylation sites is 2. The lowest BCUT2D eigenvalue weighted by Crippen LogP contribution is -2.29. The van der Waals surface area contributed by atoms with E-state index in [1.165, 1.54) is 55.5 Å². The van der Waals surface area contributed by atoms with E-state index in [0.29, 0.717) is 5.56 Å². The molecular weight excluding hydrogens is 370 g/mol. The summed E-state index contributed by atoms with van der Waals surface area (Å²) in [6, 6.07) is 11.2. The molecule has 0 saturated carbocycles. The summed E-state index contributed by atoms with van der Waals surface area (Å²) >= 11 is 0. The van der Waals surface area contributed by atoms with E-state index in [0.717, 1.165) is 6.08 Å². The number of ether oxygens (including phenoxy) is 1. The SMILES string of the molecule is C[C@@H](OC(=O)/C=C/c1cccc([N+](=O)[O-])c1)C(=O)Nc1ccccc1[N+](=O)[O-]. The lowest BCUT2D eigenvalue weighted by molar-refractivity contribution is -0.384. The quantitative estimate of drug-likeness (QED) is 0.334. The molecule has 2 aromatic carbocycles. The first-order chi connectivity index (χ1) is 13.3. The number of nitro benzene ring substituents is 2. The molecule has 10 heteroatoms. The molecule has 0 radical (unpaired) electrons. The predicted molar refractivity (Wildman–Crippen MR) is 99.4 cm³/mol. The van der Waals surface area contributed by atoms with Crippen LogP contribution in [-0.4, -0.2) is 27.8 Å². The summed E-state index contributed by atoms with van der Waals surface area (Å²) < 4.78 is 4.94. The van der Waals surface area contributed by atoms with Crippen LogP contribution in [0, 0.1) is 20.2 Å². The fourth-order valence-corrected chi connectivity index (χ4v) is 2.15. The van der Waals surface area contributed by atoms with Crippen LogP contribution in [0.2, 0.25) is 0 Å². The van der Waals surface area contributed by atoms with Gasteiger partial charge in [0.05, 0.1) is 9.85 Å². The van der Waals surface area contributed by atoms with E-state index >= 15 is 0 Å². The lowest BCUT2D eigenvalue weighted by atomic mass is 10.2. The Hall–Kier alpha value is -4.08. The number of nitrogens with zero attached hydrogens (tertiary/aromatic N) is 2. The zero-order chi connectivity index (χ0) is 20.7. The zero-order valence-corrected chi connectivity index (χ0v) is 14.6. The third kappa shape index (κ3) is 5.46. The van der Waals surface area contributed by atoms with Gasteiger partial charge in [0.15, 0.2) is 6.10 Å². The summed E-state index contributed by atoms with van der Waals surface area (Å²) in [5, 5.41) is 24.0. The molecule has 1 atom stereocenters. The van der Waals surface area contributed by atoms with Crippen molar-refractivity contribution >= 4 is 35.0 Å². The molecule has 0 saturated heterocycles. The number of carbonyl (C=O) groups excluding carboxylic acids is 2. The predicted octanol–water partition coefficient (Wildman–Crippen LogP) is 3.09. The Balaban J connectivity index is 1.98. The van der Waals surface area contributed by atoms with Crippen LogP contribution in [0.3, 0.4) is 0 Å². The molecule has 0 aromatic heterocycles. The molecule has 28 heavy (non-hydrogen) atoms. The van der Waals surface area contributed by atoms with E-state index < -0.39 is 27.8 Å². The average molecular weight is 385 g/mol. The smallest absolute Gasteiger partial charge is 0.331 e. The van der Waals surface area contributed by atoms with Crippen molar-refractivity contribution in [2.75, 3.05) is 5.32 Å². The Bertz CT molecular complexity index is 956. The van der Waals surface area contributed by atoms with Crippen LogP contribution in [0.5, 0.6) is 0 Å². The average Bonchev–Trinajstić information content (AvgIpc) is 2.66. The number of nitro groups is 2. The van der Waals surface area contributed by atoms with Gasteiger partial charge in [0.25, 0.3) is 17.3 Å². The maximum Gasteiger partial charge on any atom is 0.331 e. The maximum absolute atomic E-state index is 12.1. The number of nitrogens with one attached hydrogen (secondary N) is 1. The summed E-state index contributed by atoms with van der Waals surface area (Å²) in [6.45, 7) is 1.31. The standard InChI is InChI=1S/C18H15N3O7/c1-12(18(23)19-15-7-2-3-8-16(15)21(26)27)28-17(22)10-9-13-5-4-6-14(11-13)20(24)25/h2-12H,1H3,(H,19,23)/b10-9+/t12-/m1/s1. The van der Waals surface area contributed by atoms with Gasteiger partial charge in [0.1, 0.15) is 5.69 Å². The first-order valence-corrected chi connectivity index (χ1v) is 7.95. The summed E-state index contributed by atoms with van der Waals surface area (Å²) in [6.07, 6.45) is 1.11. The highest BCUT2D eigenvalue weighted by Gasteiger charge is 2.20. The minimum Gasteiger partial charge on any atom is -0.449 e. The Kier molecular flexibility index (Phi) is 6.53. The molecule has 0 aliphatic heterocycles. The number of carbonyl (C=O) groups is 2. The highest BCUT2D eigenvalue weighted by molar-refractivity contribution is 5.98. The van der Waals surface area contributed by atoms with Crippen molar-refractivity contribution in [3.05, 3.63) is 80.4 Å². The molecule has 1 N–H and O–H groups in total. The molecule has 2 rings (SSSR count). The Morgan fingerprint density at radius 1 is 1.07 bits per heavy atom. The van der Waals surface area contributed by atoms with E-state index in [1.807, 2.05) is 0 Å². The minimum absolute atomic E-state index is 0.0208. The fraction of sp³-hybridized carbons (Fsp3) is 0.111. The summed E-state index contributed by atoms with van der Waals surface area (Å²) in [4.78, 5) is 44.4. The molecule has 0 aliphatic rings. The van der Waals surface area contributed by atoms with Gasteiger partial charge in [-0.1, -0.05) is 24.3 Å². The van der Waals surface area contributed by atoms with Gasteiger partial charge >= 0.3 is 5.97 Å². The van der Waals surface area contributed by atoms with Crippen LogP contribution in [0.15, 0.2) is 54.6 Å². The molecule has 1 amide bonds. The Labute approximate surface area is 158 Å². The number of hydrogen-bond acceptors (Lipinski definition) is 7. The van der Waals surface area contributed by atoms with E-state index in [1.54, 1.807) is 6.07 Å². The van der Waals surface area contributed by atoms with Crippen molar-refractivity contribution < 1.29 is 24.2 Å². The van der Waals surface area contributed by atoms with Gasteiger partial charge in [-0.25, -0.2) is 4.79 Å². The van der Waals surface area contributed by atoms with Gasteiger partial charge in [-0.05, 0) is 24.6 Å². The molecule has 10 nitrogen and oxygen atoms in total. The van der Waals surface area contributed by atoms with Crippen molar-refractivity contribution in [1.82, 2.24) is 0 Å².